The summed E-state index contributed by atoms with van der Waals surface area (Å²) in [5, 5.41) is 16.1. The summed E-state index contributed by atoms with van der Waals surface area (Å²) in [4.78, 5) is 30.8. The highest BCUT2D eigenvalue weighted by Gasteiger charge is 2.30. The third-order valence-corrected chi connectivity index (χ3v) is 5.10. The Morgan fingerprint density at radius 3 is 2.76 bits per heavy atom. The number of ketones is 1. The zero-order valence-corrected chi connectivity index (χ0v) is 14.8. The summed E-state index contributed by atoms with van der Waals surface area (Å²) in [6.45, 7) is 3.83. The highest BCUT2D eigenvalue weighted by atomic mass is 32.1. The molecule has 2 aromatic rings. The number of carbonyl (C=O) groups excluding carboxylic acids is 2. The number of aliphatic hydroxyl groups is 1. The van der Waals surface area contributed by atoms with E-state index < -0.39 is 23.8 Å². The summed E-state index contributed by atoms with van der Waals surface area (Å²) in [7, 11) is 0. The minimum absolute atomic E-state index is 0.353. The number of hydrogen-bond donors (Lipinski definition) is 2. The number of hydrogen-bond acceptors (Lipinski definition) is 6. The summed E-state index contributed by atoms with van der Waals surface area (Å²) in [6.07, 6.45) is -0.112. The SMILES string of the molecule is Cc1nc(CN2CC[C@@H](NC(=O)C(=O)c3ccccc3)[C@H](O)C2)cs1. The van der Waals surface area contributed by atoms with E-state index in [0.717, 1.165) is 17.2 Å². The van der Waals surface area contributed by atoms with Crippen LogP contribution in [0.4, 0.5) is 0 Å². The van der Waals surface area contributed by atoms with Gasteiger partial charge in [-0.05, 0) is 13.3 Å². The number of rotatable bonds is 5. The molecule has 0 unspecified atom stereocenters. The highest BCUT2D eigenvalue weighted by molar-refractivity contribution is 7.09. The normalized spacial score (nSPS) is 21.0. The summed E-state index contributed by atoms with van der Waals surface area (Å²) in [5.41, 5.74) is 1.35. The minimum Gasteiger partial charge on any atom is -0.390 e. The van der Waals surface area contributed by atoms with Crippen molar-refractivity contribution in [3.05, 3.63) is 52.0 Å². The number of nitrogens with zero attached hydrogens (tertiary/aromatic N) is 2. The van der Waals surface area contributed by atoms with Crippen LogP contribution in [0.1, 0.15) is 27.5 Å². The number of Topliss-reactive ketones (excluding diaryl/α,β-unsaturated/α-hetero) is 1. The highest BCUT2D eigenvalue weighted by Crippen LogP contribution is 2.16. The van der Waals surface area contributed by atoms with Crippen LogP contribution in [0.2, 0.25) is 0 Å². The van der Waals surface area contributed by atoms with E-state index in [0.29, 0.717) is 25.1 Å². The Kier molecular flexibility index (Phi) is 5.57. The van der Waals surface area contributed by atoms with Crippen molar-refractivity contribution in [2.24, 2.45) is 0 Å². The lowest BCUT2D eigenvalue weighted by Gasteiger charge is -2.35. The second kappa shape index (κ2) is 7.86. The van der Waals surface area contributed by atoms with Crippen LogP contribution in [0, 0.1) is 6.92 Å². The quantitative estimate of drug-likeness (QED) is 0.623. The van der Waals surface area contributed by atoms with Gasteiger partial charge in [0.2, 0.25) is 5.78 Å². The van der Waals surface area contributed by atoms with E-state index in [-0.39, 0.29) is 0 Å². The molecule has 1 aromatic carbocycles. The van der Waals surface area contributed by atoms with E-state index in [1.165, 1.54) is 0 Å². The largest absolute Gasteiger partial charge is 0.390 e. The molecule has 0 saturated carbocycles. The lowest BCUT2D eigenvalue weighted by Crippen LogP contribution is -2.54. The molecule has 0 spiro atoms. The summed E-state index contributed by atoms with van der Waals surface area (Å²) in [6, 6.07) is 8.03. The number of aryl methyl sites for hydroxylation is 1. The second-order valence-corrected chi connectivity index (χ2v) is 7.29. The van der Waals surface area contributed by atoms with Crippen molar-refractivity contribution in [1.29, 1.82) is 0 Å². The fourth-order valence-corrected chi connectivity index (χ4v) is 3.58. The maximum absolute atomic E-state index is 12.1. The van der Waals surface area contributed by atoms with Gasteiger partial charge < -0.3 is 10.4 Å². The van der Waals surface area contributed by atoms with Crippen LogP contribution in [0.5, 0.6) is 0 Å². The lowest BCUT2D eigenvalue weighted by molar-refractivity contribution is -0.119. The molecule has 1 fully saturated rings. The first kappa shape index (κ1) is 17.7. The number of nitrogens with one attached hydrogen (secondary N) is 1. The first-order chi connectivity index (χ1) is 12.0. The molecule has 0 aliphatic carbocycles. The Morgan fingerprint density at radius 2 is 2.12 bits per heavy atom. The number of aromatic nitrogens is 1. The van der Waals surface area contributed by atoms with Crippen molar-refractivity contribution >= 4 is 23.0 Å². The zero-order chi connectivity index (χ0) is 17.8. The van der Waals surface area contributed by atoms with Gasteiger partial charge in [-0.25, -0.2) is 4.98 Å². The van der Waals surface area contributed by atoms with E-state index in [9.17, 15) is 14.7 Å². The standard InChI is InChI=1S/C18H21N3O3S/c1-12-19-14(11-25-12)9-21-8-7-15(16(22)10-21)20-18(24)17(23)13-5-3-2-4-6-13/h2-6,11,15-16,22H,7-10H2,1H3,(H,20,24)/t15-,16-/m1/s1. The molecule has 132 valence electrons. The van der Waals surface area contributed by atoms with Crippen LogP contribution in [-0.2, 0) is 11.3 Å². The average Bonchev–Trinajstić information content (AvgIpc) is 3.02. The van der Waals surface area contributed by atoms with Gasteiger partial charge in [0.15, 0.2) is 0 Å². The molecule has 1 aliphatic heterocycles. The van der Waals surface area contributed by atoms with Crippen LogP contribution in [-0.4, -0.2) is 51.9 Å². The van der Waals surface area contributed by atoms with Gasteiger partial charge in [-0.15, -0.1) is 11.3 Å². The molecule has 2 atom stereocenters. The van der Waals surface area contributed by atoms with Crippen molar-refractivity contribution in [2.75, 3.05) is 13.1 Å². The molecule has 1 aromatic heterocycles. The number of benzene rings is 1. The number of amides is 1. The maximum atomic E-state index is 12.1. The minimum atomic E-state index is -0.707. The fraction of sp³-hybridized carbons (Fsp3) is 0.389. The topological polar surface area (TPSA) is 82.5 Å². The van der Waals surface area contributed by atoms with E-state index in [2.05, 4.69) is 15.2 Å². The van der Waals surface area contributed by atoms with Crippen molar-refractivity contribution in [1.82, 2.24) is 15.2 Å². The molecule has 1 aliphatic rings. The fourth-order valence-electron chi connectivity index (χ4n) is 2.97. The molecule has 3 rings (SSSR count). The molecule has 2 heterocycles. The number of thiazole rings is 1. The van der Waals surface area contributed by atoms with E-state index in [1.807, 2.05) is 12.3 Å². The van der Waals surface area contributed by atoms with Crippen molar-refractivity contribution < 1.29 is 14.7 Å². The number of aliphatic hydroxyl groups excluding tert-OH is 1. The van der Waals surface area contributed by atoms with Crippen LogP contribution in [0.25, 0.3) is 0 Å². The van der Waals surface area contributed by atoms with Crippen LogP contribution in [0.3, 0.4) is 0 Å². The van der Waals surface area contributed by atoms with Gasteiger partial charge in [0.05, 0.1) is 22.8 Å². The zero-order valence-electron chi connectivity index (χ0n) is 14.0. The molecule has 6 nitrogen and oxygen atoms in total. The molecule has 7 heteroatoms. The Morgan fingerprint density at radius 1 is 1.36 bits per heavy atom. The third-order valence-electron chi connectivity index (χ3n) is 4.28. The second-order valence-electron chi connectivity index (χ2n) is 6.22. The monoisotopic (exact) mass is 359 g/mol. The molecule has 1 amide bonds. The van der Waals surface area contributed by atoms with E-state index in [4.69, 9.17) is 0 Å². The summed E-state index contributed by atoms with van der Waals surface area (Å²) in [5.74, 6) is -1.24. The third kappa shape index (κ3) is 4.50. The van der Waals surface area contributed by atoms with Crippen molar-refractivity contribution in [2.45, 2.75) is 32.0 Å². The Labute approximate surface area is 150 Å². The van der Waals surface area contributed by atoms with Gasteiger partial charge >= 0.3 is 0 Å². The van der Waals surface area contributed by atoms with Gasteiger partial charge in [0.25, 0.3) is 5.91 Å². The van der Waals surface area contributed by atoms with Crippen molar-refractivity contribution in [3.63, 3.8) is 0 Å². The van der Waals surface area contributed by atoms with Gasteiger partial charge in [-0.2, -0.15) is 0 Å². The van der Waals surface area contributed by atoms with Gasteiger partial charge in [-0.1, -0.05) is 30.3 Å². The van der Waals surface area contributed by atoms with Crippen molar-refractivity contribution in [3.8, 4) is 0 Å². The predicted octanol–water partition coefficient (Wildman–Crippen LogP) is 1.39. The first-order valence-electron chi connectivity index (χ1n) is 8.24. The summed E-state index contributed by atoms with van der Waals surface area (Å²) >= 11 is 1.61. The predicted molar refractivity (Wildman–Crippen MR) is 95.5 cm³/mol. The van der Waals surface area contributed by atoms with Gasteiger partial charge in [0.1, 0.15) is 0 Å². The lowest BCUT2D eigenvalue weighted by atomic mass is 10.0. The number of β-amino-alcohol motifs (C(OH)–C–C–N with tert-alkyl or cyclic N) is 1. The number of likely N-dealkylation sites (tertiary alicyclic amines) is 1. The molecule has 2 N–H and O–H groups in total. The summed E-state index contributed by atoms with van der Waals surface area (Å²) < 4.78 is 0. The molecule has 0 bridgehead atoms. The molecular weight excluding hydrogens is 338 g/mol. The number of piperidine rings is 1. The van der Waals surface area contributed by atoms with E-state index >= 15 is 0 Å². The molecule has 25 heavy (non-hydrogen) atoms. The smallest absolute Gasteiger partial charge is 0.292 e. The Balaban J connectivity index is 1.53. The number of carbonyl (C=O) groups is 2. The van der Waals surface area contributed by atoms with Gasteiger partial charge in [0, 0.05) is 30.6 Å². The van der Waals surface area contributed by atoms with Crippen LogP contribution < -0.4 is 5.32 Å². The Bertz CT molecular complexity index is 747. The molecule has 0 radical (unpaired) electrons. The molecular formula is C18H21N3O3S. The van der Waals surface area contributed by atoms with Crippen LogP contribution >= 0.6 is 11.3 Å². The maximum Gasteiger partial charge on any atom is 0.292 e. The van der Waals surface area contributed by atoms with E-state index in [1.54, 1.807) is 41.7 Å². The first-order valence-corrected chi connectivity index (χ1v) is 9.12. The Hall–Kier alpha value is -2.09. The average molecular weight is 359 g/mol. The molecule has 1 saturated heterocycles. The van der Waals surface area contributed by atoms with Crippen LogP contribution in [0.15, 0.2) is 35.7 Å². The van der Waals surface area contributed by atoms with Gasteiger partial charge in [-0.3, -0.25) is 14.5 Å².